The Hall–Kier alpha value is -1.31. The van der Waals surface area contributed by atoms with Crippen molar-refractivity contribution >= 4 is 0 Å². The average molecular weight is 262 g/mol. The quantitative estimate of drug-likeness (QED) is 0.768. The molecule has 1 N–H and O–H groups in total. The maximum atomic E-state index is 13.0. The van der Waals surface area contributed by atoms with Crippen LogP contribution in [-0.4, -0.2) is 11.3 Å². The second-order valence-electron chi connectivity index (χ2n) is 3.18. The first-order chi connectivity index (χ1) is 7.53. The highest BCUT2D eigenvalue weighted by molar-refractivity contribution is 5.28. The summed E-state index contributed by atoms with van der Waals surface area (Å²) in [7, 11) is 0. The summed E-state index contributed by atoms with van der Waals surface area (Å²) < 4.78 is 85.3. The van der Waals surface area contributed by atoms with Gasteiger partial charge in [0.15, 0.2) is 6.10 Å². The molecule has 96 valence electrons. The third-order valence-electron chi connectivity index (χ3n) is 1.93. The van der Waals surface area contributed by atoms with Crippen molar-refractivity contribution in [3.63, 3.8) is 0 Å². The van der Waals surface area contributed by atoms with E-state index in [2.05, 4.69) is 0 Å². The standard InChI is InChI=1S/C9H5F7O/c10-6-3-4(8(11,12)13)1-2-5(6)7(17)9(14,15)16/h1-3,7,17H/t7-/m0/s1. The number of alkyl halides is 6. The minimum Gasteiger partial charge on any atom is -0.379 e. The molecule has 0 saturated carbocycles. The van der Waals surface area contributed by atoms with Crippen molar-refractivity contribution in [2.45, 2.75) is 18.5 Å². The van der Waals surface area contributed by atoms with E-state index < -0.39 is 35.4 Å². The molecule has 0 heterocycles. The second kappa shape index (κ2) is 4.17. The third kappa shape index (κ3) is 3.09. The van der Waals surface area contributed by atoms with Gasteiger partial charge in [0, 0.05) is 5.56 Å². The van der Waals surface area contributed by atoms with E-state index in [1.165, 1.54) is 0 Å². The maximum absolute atomic E-state index is 13.0. The summed E-state index contributed by atoms with van der Waals surface area (Å²) in [5, 5.41) is 8.69. The van der Waals surface area contributed by atoms with Crippen LogP contribution in [0.4, 0.5) is 30.7 Å². The molecule has 0 aliphatic rings. The number of halogens is 7. The monoisotopic (exact) mass is 262 g/mol. The molecule has 1 aromatic rings. The highest BCUT2D eigenvalue weighted by atomic mass is 19.4. The molecule has 1 aromatic carbocycles. The summed E-state index contributed by atoms with van der Waals surface area (Å²) >= 11 is 0. The van der Waals surface area contributed by atoms with Crippen LogP contribution in [0.15, 0.2) is 18.2 Å². The van der Waals surface area contributed by atoms with Gasteiger partial charge in [0.25, 0.3) is 0 Å². The van der Waals surface area contributed by atoms with E-state index in [1.54, 1.807) is 0 Å². The molecule has 0 radical (unpaired) electrons. The smallest absolute Gasteiger partial charge is 0.379 e. The van der Waals surface area contributed by atoms with Crippen LogP contribution in [0.1, 0.15) is 17.2 Å². The molecular weight excluding hydrogens is 257 g/mol. The Kier molecular flexibility index (Phi) is 3.37. The Balaban J connectivity index is 3.15. The Morgan fingerprint density at radius 1 is 1.00 bits per heavy atom. The molecule has 17 heavy (non-hydrogen) atoms. The minimum atomic E-state index is -5.14. The van der Waals surface area contributed by atoms with Crippen molar-refractivity contribution in [3.8, 4) is 0 Å². The Labute approximate surface area is 90.5 Å². The van der Waals surface area contributed by atoms with Crippen molar-refractivity contribution in [1.29, 1.82) is 0 Å². The lowest BCUT2D eigenvalue weighted by molar-refractivity contribution is -0.207. The number of aliphatic hydroxyl groups excluding tert-OH is 1. The number of aliphatic hydroxyl groups is 1. The molecule has 0 unspecified atom stereocenters. The predicted octanol–water partition coefficient (Wildman–Crippen LogP) is 3.44. The molecule has 0 spiro atoms. The van der Waals surface area contributed by atoms with Gasteiger partial charge in [-0.1, -0.05) is 6.07 Å². The topological polar surface area (TPSA) is 20.2 Å². The van der Waals surface area contributed by atoms with E-state index in [1.807, 2.05) is 0 Å². The van der Waals surface area contributed by atoms with Crippen LogP contribution in [0.25, 0.3) is 0 Å². The number of benzene rings is 1. The first kappa shape index (κ1) is 13.8. The van der Waals surface area contributed by atoms with Crippen LogP contribution in [-0.2, 0) is 6.18 Å². The zero-order chi connectivity index (χ0) is 13.4. The van der Waals surface area contributed by atoms with E-state index in [0.717, 1.165) is 0 Å². The SMILES string of the molecule is O[C@@H](c1ccc(C(F)(F)F)cc1F)C(F)(F)F. The van der Waals surface area contributed by atoms with Crippen LogP contribution in [0.5, 0.6) is 0 Å². The van der Waals surface area contributed by atoms with Gasteiger partial charge in [0.05, 0.1) is 5.56 Å². The lowest BCUT2D eigenvalue weighted by Crippen LogP contribution is -2.21. The van der Waals surface area contributed by atoms with Crippen molar-refractivity contribution < 1.29 is 35.8 Å². The molecule has 1 atom stereocenters. The Morgan fingerprint density at radius 3 is 1.88 bits per heavy atom. The largest absolute Gasteiger partial charge is 0.418 e. The van der Waals surface area contributed by atoms with E-state index in [9.17, 15) is 30.7 Å². The van der Waals surface area contributed by atoms with Crippen LogP contribution in [0.3, 0.4) is 0 Å². The van der Waals surface area contributed by atoms with Gasteiger partial charge in [0.1, 0.15) is 5.82 Å². The van der Waals surface area contributed by atoms with Crippen molar-refractivity contribution in [2.24, 2.45) is 0 Å². The highest BCUT2D eigenvalue weighted by Gasteiger charge is 2.41. The Bertz CT molecular complexity index is 407. The minimum absolute atomic E-state index is 0.0930. The summed E-state index contributed by atoms with van der Waals surface area (Å²) in [4.78, 5) is 0. The third-order valence-corrected chi connectivity index (χ3v) is 1.93. The van der Waals surface area contributed by atoms with Gasteiger partial charge in [-0.3, -0.25) is 0 Å². The molecule has 0 aliphatic carbocycles. The Morgan fingerprint density at radius 2 is 1.53 bits per heavy atom. The summed E-state index contributed by atoms with van der Waals surface area (Å²) in [6, 6.07) is 0.438. The first-order valence-electron chi connectivity index (χ1n) is 4.15. The van der Waals surface area contributed by atoms with E-state index in [0.29, 0.717) is 0 Å². The summed E-state index contributed by atoms with van der Waals surface area (Å²) in [5.74, 6) is -1.76. The summed E-state index contributed by atoms with van der Waals surface area (Å²) in [6.45, 7) is 0. The lowest BCUT2D eigenvalue weighted by atomic mass is 10.1. The fraction of sp³-hybridized carbons (Fsp3) is 0.333. The zero-order valence-corrected chi connectivity index (χ0v) is 7.90. The summed E-state index contributed by atoms with van der Waals surface area (Å²) in [6.07, 6.45) is -13.1. The van der Waals surface area contributed by atoms with Crippen molar-refractivity contribution in [1.82, 2.24) is 0 Å². The van der Waals surface area contributed by atoms with Crippen molar-refractivity contribution in [3.05, 3.63) is 35.1 Å². The van der Waals surface area contributed by atoms with Crippen LogP contribution < -0.4 is 0 Å². The fourth-order valence-electron chi connectivity index (χ4n) is 1.10. The second-order valence-corrected chi connectivity index (χ2v) is 3.18. The van der Waals surface area contributed by atoms with Gasteiger partial charge < -0.3 is 5.11 Å². The molecule has 8 heteroatoms. The van der Waals surface area contributed by atoms with E-state index in [4.69, 9.17) is 5.11 Å². The van der Waals surface area contributed by atoms with Gasteiger partial charge in [-0.05, 0) is 12.1 Å². The molecule has 0 bridgehead atoms. The van der Waals surface area contributed by atoms with Crippen molar-refractivity contribution in [2.75, 3.05) is 0 Å². The van der Waals surface area contributed by atoms with E-state index in [-0.39, 0.29) is 18.2 Å². The maximum Gasteiger partial charge on any atom is 0.418 e. The highest BCUT2D eigenvalue weighted by Crippen LogP contribution is 2.36. The molecule has 0 fully saturated rings. The van der Waals surface area contributed by atoms with Gasteiger partial charge in [-0.2, -0.15) is 26.3 Å². The number of rotatable bonds is 1. The van der Waals surface area contributed by atoms with E-state index >= 15 is 0 Å². The van der Waals surface area contributed by atoms with Crippen LogP contribution in [0, 0.1) is 5.82 Å². The number of hydrogen-bond donors (Lipinski definition) is 1. The van der Waals surface area contributed by atoms with Gasteiger partial charge >= 0.3 is 12.4 Å². The summed E-state index contributed by atoms with van der Waals surface area (Å²) in [5.41, 5.74) is -2.67. The molecule has 0 amide bonds. The van der Waals surface area contributed by atoms with Gasteiger partial charge in [0.2, 0.25) is 0 Å². The predicted molar refractivity (Wildman–Crippen MR) is 42.4 cm³/mol. The van der Waals surface area contributed by atoms with Crippen LogP contribution >= 0.6 is 0 Å². The molecule has 1 rings (SSSR count). The number of hydrogen-bond acceptors (Lipinski definition) is 1. The molecule has 1 nitrogen and oxygen atoms in total. The van der Waals surface area contributed by atoms with Gasteiger partial charge in [-0.25, -0.2) is 4.39 Å². The molecule has 0 aliphatic heterocycles. The molecule has 0 aromatic heterocycles. The average Bonchev–Trinajstić information content (AvgIpc) is 2.13. The fourth-order valence-corrected chi connectivity index (χ4v) is 1.10. The lowest BCUT2D eigenvalue weighted by Gasteiger charge is -2.16. The molecule has 0 saturated heterocycles. The molecular formula is C9H5F7O. The normalized spacial score (nSPS) is 14.8. The zero-order valence-electron chi connectivity index (χ0n) is 7.90. The van der Waals surface area contributed by atoms with Crippen LogP contribution in [0.2, 0.25) is 0 Å². The van der Waals surface area contributed by atoms with Gasteiger partial charge in [-0.15, -0.1) is 0 Å². The first-order valence-corrected chi connectivity index (χ1v) is 4.15.